The van der Waals surface area contributed by atoms with Crippen LogP contribution in [-0.4, -0.2) is 0 Å². The van der Waals surface area contributed by atoms with Gasteiger partial charge in [0.2, 0.25) is 0 Å². The van der Waals surface area contributed by atoms with Gasteiger partial charge in [-0.1, -0.05) is 100 Å². The Bertz CT molecular complexity index is 950. The summed E-state index contributed by atoms with van der Waals surface area (Å²) in [5, 5.41) is 0. The van der Waals surface area contributed by atoms with Gasteiger partial charge < -0.3 is 9.05 Å². The molecule has 0 N–H and O–H groups in total. The van der Waals surface area contributed by atoms with Gasteiger partial charge in [0.15, 0.2) is 0 Å². The van der Waals surface area contributed by atoms with Gasteiger partial charge in [0.25, 0.3) is 0 Å². The van der Waals surface area contributed by atoms with Crippen molar-refractivity contribution in [2.24, 2.45) is 0 Å². The van der Waals surface area contributed by atoms with Crippen LogP contribution in [0, 0.1) is 0 Å². The molecule has 3 rings (SSSR count). The van der Waals surface area contributed by atoms with Crippen LogP contribution >= 0.6 is 8.69 Å². The largest absolute Gasteiger partial charge is 0.505 e. The Labute approximate surface area is 208 Å². The molecule has 0 radical (unpaired) electrons. The predicted molar refractivity (Wildman–Crippen MR) is 144 cm³/mol. The molecule has 188 valence electrons. The molecule has 0 aromatic heterocycles. The van der Waals surface area contributed by atoms with Crippen LogP contribution < -0.4 is 9.05 Å². The van der Waals surface area contributed by atoms with Crippen molar-refractivity contribution in [3.63, 3.8) is 0 Å². The Hall–Kier alpha value is -1.60. The summed E-state index contributed by atoms with van der Waals surface area (Å²) in [6.07, 6.45) is 2.11. The molecule has 0 spiro atoms. The number of halogens is 1. The van der Waals surface area contributed by atoms with Gasteiger partial charge >= 0.3 is 8.69 Å². The van der Waals surface area contributed by atoms with Gasteiger partial charge in [0.05, 0.1) is 0 Å². The molecule has 1 aliphatic heterocycles. The quantitative estimate of drug-likeness (QED) is 0.400. The van der Waals surface area contributed by atoms with Gasteiger partial charge in [-0.15, -0.1) is 4.20 Å². The maximum Gasteiger partial charge on any atom is 0.505 e. The topological polar surface area (TPSA) is 18.5 Å². The summed E-state index contributed by atoms with van der Waals surface area (Å²) in [6.45, 7) is 24.2. The van der Waals surface area contributed by atoms with E-state index in [4.69, 9.17) is 9.05 Å². The van der Waals surface area contributed by atoms with E-state index in [1.165, 1.54) is 11.1 Å². The highest BCUT2D eigenvalue weighted by Gasteiger charge is 2.35. The molecule has 0 saturated heterocycles. The van der Waals surface area contributed by atoms with Crippen molar-refractivity contribution in [1.29, 1.82) is 0 Å². The van der Waals surface area contributed by atoms with E-state index in [-0.39, 0.29) is 16.7 Å². The van der Waals surface area contributed by atoms with Crippen LogP contribution in [0.1, 0.15) is 140 Å². The minimum atomic E-state index is -2.61. The summed E-state index contributed by atoms with van der Waals surface area (Å²) in [5.74, 6) is 2.19. The van der Waals surface area contributed by atoms with Crippen LogP contribution in [-0.2, 0) is 10.8 Å². The standard InChI is InChI=1S/C30H44FO2P/c1-12-18(3)21-14-23-20(5)24-15-22(19(4)13-2)17-26(30(9,10)11)28(24)33-34(31)32-27(23)25(16-21)29(6,7)8/h14-20H,12-13H2,1-11H3. The van der Waals surface area contributed by atoms with Crippen LogP contribution in [0.15, 0.2) is 24.3 Å². The third-order valence-corrected chi connectivity index (χ3v) is 8.17. The highest BCUT2D eigenvalue weighted by Crippen LogP contribution is 2.55. The molecule has 2 aromatic carbocycles. The van der Waals surface area contributed by atoms with Gasteiger partial charge in [-0.05, 0) is 46.6 Å². The smallest absolute Gasteiger partial charge is 0.414 e. The zero-order valence-electron chi connectivity index (χ0n) is 23.1. The molecule has 2 aromatic rings. The van der Waals surface area contributed by atoms with E-state index in [2.05, 4.69) is 100 Å². The fourth-order valence-corrected chi connectivity index (χ4v) is 5.41. The number of benzene rings is 2. The molecule has 0 saturated carbocycles. The van der Waals surface area contributed by atoms with Gasteiger partial charge in [0, 0.05) is 28.2 Å². The Morgan fingerprint density at radius 1 is 0.765 bits per heavy atom. The maximum atomic E-state index is 15.5. The third-order valence-electron chi connectivity index (χ3n) is 7.52. The molecule has 2 atom stereocenters. The van der Waals surface area contributed by atoms with Crippen molar-refractivity contribution in [3.05, 3.63) is 57.6 Å². The fraction of sp³-hybridized carbons (Fsp3) is 0.600. The summed E-state index contributed by atoms with van der Waals surface area (Å²) in [7, 11) is -2.61. The van der Waals surface area contributed by atoms with Gasteiger partial charge in [-0.2, -0.15) is 0 Å². The lowest BCUT2D eigenvalue weighted by Gasteiger charge is -2.34. The van der Waals surface area contributed by atoms with Crippen molar-refractivity contribution in [2.75, 3.05) is 0 Å². The maximum absolute atomic E-state index is 15.5. The predicted octanol–water partition coefficient (Wildman–Crippen LogP) is 10.4. The SMILES string of the molecule is CCC(C)c1cc2c(c(C(C)(C)C)c1)OP(F)Oc1c(cc(C(C)CC)cc1C(C)(C)C)C2C. The monoisotopic (exact) mass is 486 g/mol. The van der Waals surface area contributed by atoms with E-state index in [9.17, 15) is 0 Å². The van der Waals surface area contributed by atoms with E-state index in [0.29, 0.717) is 23.3 Å². The second-order valence-electron chi connectivity index (χ2n) is 12.2. The van der Waals surface area contributed by atoms with E-state index < -0.39 is 8.69 Å². The molecule has 34 heavy (non-hydrogen) atoms. The van der Waals surface area contributed by atoms with Crippen LogP contribution in [0.25, 0.3) is 0 Å². The Morgan fingerprint density at radius 2 is 1.12 bits per heavy atom. The van der Waals surface area contributed by atoms with E-state index >= 15 is 4.20 Å². The molecule has 2 unspecified atom stereocenters. The molecular formula is C30H44FO2P. The molecule has 1 aliphatic rings. The molecular weight excluding hydrogens is 442 g/mol. The molecule has 0 amide bonds. The van der Waals surface area contributed by atoms with Crippen molar-refractivity contribution < 1.29 is 13.2 Å². The lowest BCUT2D eigenvalue weighted by Crippen LogP contribution is -2.20. The minimum Gasteiger partial charge on any atom is -0.414 e. The lowest BCUT2D eigenvalue weighted by atomic mass is 9.77. The normalized spacial score (nSPS) is 20.2. The summed E-state index contributed by atoms with van der Waals surface area (Å²) >= 11 is 0. The number of hydrogen-bond donors (Lipinski definition) is 0. The third kappa shape index (κ3) is 5.30. The van der Waals surface area contributed by atoms with E-state index in [1.54, 1.807) is 0 Å². The van der Waals surface area contributed by atoms with Crippen molar-refractivity contribution in [2.45, 2.75) is 118 Å². The Morgan fingerprint density at radius 3 is 1.41 bits per heavy atom. The summed E-state index contributed by atoms with van der Waals surface area (Å²) < 4.78 is 27.6. The lowest BCUT2D eigenvalue weighted by molar-refractivity contribution is 0.406. The van der Waals surface area contributed by atoms with Crippen molar-refractivity contribution >= 4 is 8.69 Å². The molecule has 0 bridgehead atoms. The van der Waals surface area contributed by atoms with Crippen LogP contribution in [0.3, 0.4) is 0 Å². The highest BCUT2D eigenvalue weighted by molar-refractivity contribution is 7.42. The van der Waals surface area contributed by atoms with Gasteiger partial charge in [0.1, 0.15) is 11.5 Å². The first-order valence-corrected chi connectivity index (χ1v) is 13.9. The zero-order chi connectivity index (χ0) is 25.6. The number of hydrogen-bond acceptors (Lipinski definition) is 2. The van der Waals surface area contributed by atoms with Crippen LogP contribution in [0.4, 0.5) is 4.20 Å². The second kappa shape index (κ2) is 9.81. The minimum absolute atomic E-state index is 0.0175. The average molecular weight is 487 g/mol. The van der Waals surface area contributed by atoms with E-state index in [1.807, 2.05) is 0 Å². The Balaban J connectivity index is 2.39. The number of rotatable bonds is 4. The van der Waals surface area contributed by atoms with Crippen molar-refractivity contribution in [1.82, 2.24) is 0 Å². The summed E-state index contributed by atoms with van der Waals surface area (Å²) in [4.78, 5) is 0. The molecule has 2 nitrogen and oxygen atoms in total. The van der Waals surface area contributed by atoms with Crippen molar-refractivity contribution in [3.8, 4) is 11.5 Å². The molecule has 0 fully saturated rings. The first kappa shape index (κ1) is 27.0. The zero-order valence-corrected chi connectivity index (χ0v) is 24.0. The number of fused-ring (bicyclic) bond motifs is 2. The summed E-state index contributed by atoms with van der Waals surface area (Å²) in [6, 6.07) is 8.96. The fourth-order valence-electron chi connectivity index (χ4n) is 4.68. The first-order chi connectivity index (χ1) is 15.7. The molecule has 4 heteroatoms. The first-order valence-electron chi connectivity index (χ1n) is 12.9. The average Bonchev–Trinajstić information content (AvgIpc) is 2.75. The van der Waals surface area contributed by atoms with E-state index in [0.717, 1.165) is 35.1 Å². The van der Waals surface area contributed by atoms with Gasteiger partial charge in [-0.3, -0.25) is 0 Å². The highest BCUT2D eigenvalue weighted by atomic mass is 31.2. The second-order valence-corrected chi connectivity index (χ2v) is 13.0. The Kier molecular flexibility index (Phi) is 7.79. The summed E-state index contributed by atoms with van der Waals surface area (Å²) in [5.41, 5.74) is 6.47. The molecule has 1 heterocycles. The van der Waals surface area contributed by atoms with Crippen LogP contribution in [0.2, 0.25) is 0 Å². The van der Waals surface area contributed by atoms with Gasteiger partial charge in [-0.25, -0.2) is 0 Å². The van der Waals surface area contributed by atoms with Crippen LogP contribution in [0.5, 0.6) is 11.5 Å². The molecule has 0 aliphatic carbocycles.